The van der Waals surface area contributed by atoms with Crippen LogP contribution in [0.5, 0.6) is 0 Å². The minimum absolute atomic E-state index is 0.0559. The topological polar surface area (TPSA) is 184 Å². The molecule has 4 amide bonds. The largest absolute Gasteiger partial charge is 0.453 e. The number of amides is 4. The molecule has 2 aliphatic heterocycles. The molecule has 0 radical (unpaired) electrons. The molecule has 2 saturated heterocycles. The van der Waals surface area contributed by atoms with Crippen LogP contribution in [0.15, 0.2) is 73.1 Å². The van der Waals surface area contributed by atoms with Crippen LogP contribution < -0.4 is 10.6 Å². The molecule has 6 atom stereocenters. The van der Waals surface area contributed by atoms with Crippen LogP contribution in [0, 0.1) is 11.8 Å². The Labute approximate surface area is 363 Å². The molecule has 3 aliphatic rings. The normalized spacial score (nSPS) is 20.4. The van der Waals surface area contributed by atoms with Gasteiger partial charge in [-0.1, -0.05) is 62.4 Å². The summed E-state index contributed by atoms with van der Waals surface area (Å²) in [6, 6.07) is 18.3. The van der Waals surface area contributed by atoms with Crippen LogP contribution in [-0.4, -0.2) is 106 Å². The lowest BCUT2D eigenvalue weighted by Gasteiger charge is -2.36. The molecule has 3 aromatic carbocycles. The lowest BCUT2D eigenvalue weighted by atomic mass is 9.97. The van der Waals surface area contributed by atoms with E-state index in [0.29, 0.717) is 18.2 Å². The molecule has 17 heteroatoms. The van der Waals surface area contributed by atoms with E-state index < -0.39 is 37.5 Å². The van der Waals surface area contributed by atoms with Gasteiger partial charge < -0.3 is 44.6 Å². The van der Waals surface area contributed by atoms with E-state index in [2.05, 4.69) is 73.9 Å². The number of fused-ring (bicyclic) bond motifs is 3. The average molecular weight is 867 g/mol. The van der Waals surface area contributed by atoms with Crippen LogP contribution in [0.1, 0.15) is 76.1 Å². The van der Waals surface area contributed by atoms with Gasteiger partial charge in [-0.05, 0) is 83.5 Å². The van der Waals surface area contributed by atoms with Gasteiger partial charge in [-0.2, -0.15) is 8.78 Å². The highest BCUT2D eigenvalue weighted by Crippen LogP contribution is 2.50. The van der Waals surface area contributed by atoms with Gasteiger partial charge in [0.1, 0.15) is 23.7 Å². The Kier molecular flexibility index (Phi) is 12.7. The predicted octanol–water partition coefficient (Wildman–Crippen LogP) is 7.74. The van der Waals surface area contributed by atoms with Crippen molar-refractivity contribution in [3.8, 4) is 33.6 Å². The van der Waals surface area contributed by atoms with Crippen molar-refractivity contribution in [3.63, 3.8) is 0 Å². The van der Waals surface area contributed by atoms with E-state index in [1.807, 2.05) is 26.0 Å². The Morgan fingerprint density at radius 1 is 0.778 bits per heavy atom. The van der Waals surface area contributed by atoms with Crippen molar-refractivity contribution < 1.29 is 42.2 Å². The quantitative estimate of drug-likeness (QED) is 0.0868. The molecule has 0 unspecified atom stereocenters. The smallest absolute Gasteiger partial charge is 0.407 e. The first kappa shape index (κ1) is 43.3. The molecule has 2 bridgehead atoms. The number of carbonyl (C=O) groups excluding carboxylic acids is 4. The second-order valence-electron chi connectivity index (χ2n) is 16.8. The zero-order valence-electron chi connectivity index (χ0n) is 35.6. The molecule has 1 saturated carbocycles. The average Bonchev–Trinajstić information content (AvgIpc) is 4.16. The van der Waals surface area contributed by atoms with Gasteiger partial charge in [0.2, 0.25) is 11.8 Å². The lowest BCUT2D eigenvalue weighted by molar-refractivity contribution is -0.144. The van der Waals surface area contributed by atoms with E-state index in [4.69, 9.17) is 19.4 Å². The summed E-state index contributed by atoms with van der Waals surface area (Å²) in [6.07, 6.45) is 6.08. The fraction of sp³-hybridized carbons (Fsp3) is 0.435. The number of alkyl halides is 2. The second kappa shape index (κ2) is 18.5. The Morgan fingerprint density at radius 2 is 1.40 bits per heavy atom. The number of imidazole rings is 2. The van der Waals surface area contributed by atoms with Gasteiger partial charge in [-0.25, -0.2) is 19.6 Å². The summed E-state index contributed by atoms with van der Waals surface area (Å²) in [5.74, 6) is 0.854. The van der Waals surface area contributed by atoms with Gasteiger partial charge in [0.15, 0.2) is 0 Å². The fourth-order valence-electron chi connectivity index (χ4n) is 9.49. The molecule has 15 nitrogen and oxygen atoms in total. The number of benzene rings is 3. The first-order valence-corrected chi connectivity index (χ1v) is 21.4. The number of likely N-dealkylation sites (tertiary alicyclic amines) is 2. The molecule has 5 aromatic rings. The van der Waals surface area contributed by atoms with Crippen molar-refractivity contribution in [2.45, 2.75) is 89.2 Å². The van der Waals surface area contributed by atoms with Gasteiger partial charge in [0, 0.05) is 24.6 Å². The van der Waals surface area contributed by atoms with Crippen LogP contribution in [0.3, 0.4) is 0 Å². The molecule has 8 rings (SSSR count). The Balaban J connectivity index is 0.945. The lowest BCUT2D eigenvalue weighted by Crippen LogP contribution is -2.52. The molecule has 63 heavy (non-hydrogen) atoms. The highest BCUT2D eigenvalue weighted by molar-refractivity contribution is 5.91. The first-order valence-electron chi connectivity index (χ1n) is 21.4. The summed E-state index contributed by atoms with van der Waals surface area (Å²) < 4.78 is 39.4. The third-order valence-electron chi connectivity index (χ3n) is 12.7. The number of rotatable bonds is 14. The van der Waals surface area contributed by atoms with Crippen molar-refractivity contribution in [1.82, 2.24) is 40.4 Å². The molecule has 3 fully saturated rings. The predicted molar refractivity (Wildman–Crippen MR) is 229 cm³/mol. The summed E-state index contributed by atoms with van der Waals surface area (Å²) in [4.78, 5) is 71.5. The van der Waals surface area contributed by atoms with Crippen molar-refractivity contribution in [2.24, 2.45) is 11.8 Å². The first-order chi connectivity index (χ1) is 30.4. The van der Waals surface area contributed by atoms with Crippen LogP contribution in [0.25, 0.3) is 44.4 Å². The summed E-state index contributed by atoms with van der Waals surface area (Å²) in [5, 5.41) is 7.33. The molecular weight excluding hydrogens is 815 g/mol. The number of aromatic nitrogens is 4. The molecule has 0 spiro atoms. The highest BCUT2D eigenvalue weighted by Gasteiger charge is 2.51. The van der Waals surface area contributed by atoms with Crippen molar-refractivity contribution in [1.29, 1.82) is 0 Å². The van der Waals surface area contributed by atoms with Crippen molar-refractivity contribution >= 4 is 34.8 Å². The number of hydrogen-bond acceptors (Lipinski definition) is 9. The zero-order valence-corrected chi connectivity index (χ0v) is 35.6. The van der Waals surface area contributed by atoms with Gasteiger partial charge in [-0.3, -0.25) is 9.59 Å². The van der Waals surface area contributed by atoms with E-state index in [1.54, 1.807) is 22.2 Å². The number of ether oxygens (including phenoxy) is 3. The minimum atomic E-state index is -2.99. The number of nitrogens with zero attached hydrogens (tertiary/aromatic N) is 4. The number of nitrogens with one attached hydrogen (secondary N) is 4. The van der Waals surface area contributed by atoms with Gasteiger partial charge >= 0.3 is 18.8 Å². The third kappa shape index (κ3) is 9.10. The molecule has 332 valence electrons. The Bertz CT molecular complexity index is 2460. The van der Waals surface area contributed by atoms with E-state index in [9.17, 15) is 28.0 Å². The summed E-state index contributed by atoms with van der Waals surface area (Å²) >= 11 is 0. The zero-order chi connectivity index (χ0) is 44.4. The van der Waals surface area contributed by atoms with Gasteiger partial charge in [-0.15, -0.1) is 0 Å². The Morgan fingerprint density at radius 3 is 2.10 bits per heavy atom. The van der Waals surface area contributed by atoms with Crippen molar-refractivity contribution in [2.75, 3.05) is 27.4 Å². The monoisotopic (exact) mass is 866 g/mol. The van der Waals surface area contributed by atoms with Crippen LogP contribution in [-0.2, 0) is 23.8 Å². The fourth-order valence-corrected chi connectivity index (χ4v) is 9.49. The standard InChI is InChI=1S/C46H52F2N8O7/c1-25(2)38(54-46(60)62-4)43(58)55-18-5-6-37(55)40-49-24-36(51-40)31-14-13-29-20-28(11-12-30(29)21-31)26-7-9-27(10-8-26)35-23-50-41(52-35)39-32-15-16-33(22-32)56(39)42(57)34(53-45(59)61-3)17-19-63-44(47)48/h7-14,20-21,23-25,32-34,37-39,44H,5-6,15-19,22H2,1-4H3,(H,49,51)(H,50,52)(H,53,59)(H,54,60)/t32-,33+,34-,37-,38-,39-/m0/s1. The SMILES string of the molecule is COC(=O)N[C@@H](CCOC(F)F)C(=O)N1[C@@H]2CC[C@@H](C2)[C@H]1c1ncc(-c2ccc(-c3ccc4cc(-c5cnc([C@@H]6CCCN6C(=O)[C@@H](NC(=O)OC)C(C)C)[nH]5)ccc4c3)cc2)[nH]1. The molecule has 4 N–H and O–H groups in total. The van der Waals surface area contributed by atoms with E-state index in [1.165, 1.54) is 14.2 Å². The van der Waals surface area contributed by atoms with Crippen LogP contribution in [0.4, 0.5) is 18.4 Å². The number of aromatic amines is 2. The number of hydrogen-bond donors (Lipinski definition) is 4. The summed E-state index contributed by atoms with van der Waals surface area (Å²) in [5.41, 5.74) is 5.60. The maximum absolute atomic E-state index is 13.9. The number of alkyl carbamates (subject to hydrolysis) is 2. The second-order valence-corrected chi connectivity index (χ2v) is 16.8. The summed E-state index contributed by atoms with van der Waals surface area (Å²) in [7, 11) is 2.46. The minimum Gasteiger partial charge on any atom is -0.453 e. The van der Waals surface area contributed by atoms with Crippen molar-refractivity contribution in [3.05, 3.63) is 84.7 Å². The highest BCUT2D eigenvalue weighted by atomic mass is 19.3. The molecule has 4 heterocycles. The number of piperidine rings is 1. The maximum Gasteiger partial charge on any atom is 0.407 e. The van der Waals surface area contributed by atoms with Crippen LogP contribution in [0.2, 0.25) is 0 Å². The third-order valence-corrected chi connectivity index (χ3v) is 12.7. The van der Waals surface area contributed by atoms with Crippen LogP contribution >= 0.6 is 0 Å². The summed E-state index contributed by atoms with van der Waals surface area (Å²) in [6.45, 7) is 0.964. The van der Waals surface area contributed by atoms with E-state index in [-0.39, 0.29) is 48.2 Å². The number of halogens is 2. The number of H-pyrrole nitrogens is 2. The number of carbonyl (C=O) groups is 4. The number of methoxy groups -OCH3 is 2. The molecule has 2 aromatic heterocycles. The van der Waals surface area contributed by atoms with Gasteiger partial charge in [0.05, 0.1) is 56.7 Å². The maximum atomic E-state index is 13.9. The Hall–Kier alpha value is -6.36. The molecule has 1 aliphatic carbocycles. The van der Waals surface area contributed by atoms with Gasteiger partial charge in [0.25, 0.3) is 0 Å². The van der Waals surface area contributed by atoms with E-state index >= 15 is 0 Å². The molecular formula is C46H52F2N8O7. The van der Waals surface area contributed by atoms with E-state index in [0.717, 1.165) is 76.5 Å².